The van der Waals surface area contributed by atoms with E-state index in [4.69, 9.17) is 0 Å². The molecule has 6 nitrogen and oxygen atoms in total. The van der Waals surface area contributed by atoms with E-state index in [9.17, 15) is 9.59 Å². The van der Waals surface area contributed by atoms with Gasteiger partial charge in [0.05, 0.1) is 11.8 Å². The van der Waals surface area contributed by atoms with Gasteiger partial charge in [-0.2, -0.15) is 0 Å². The highest BCUT2D eigenvalue weighted by atomic mass is 32.2. The number of carbonyl (C=O) groups excluding carboxylic acids is 2. The highest BCUT2D eigenvalue weighted by Gasteiger charge is 2.18. The molecule has 0 fully saturated rings. The van der Waals surface area contributed by atoms with Crippen LogP contribution in [0.25, 0.3) is 0 Å². The van der Waals surface area contributed by atoms with Gasteiger partial charge in [-0.1, -0.05) is 53.4 Å². The van der Waals surface area contributed by atoms with Crippen LogP contribution >= 0.6 is 23.1 Å². The molecule has 0 aliphatic carbocycles. The number of nitrogens with one attached hydrogen (secondary N) is 2. The van der Waals surface area contributed by atoms with E-state index in [2.05, 4.69) is 20.8 Å². The molecule has 0 bridgehead atoms. The molecule has 0 radical (unpaired) electrons. The summed E-state index contributed by atoms with van der Waals surface area (Å²) in [6.07, 6.45) is 0.496. The molecule has 0 unspecified atom stereocenters. The average Bonchev–Trinajstić information content (AvgIpc) is 3.01. The molecule has 2 N–H and O–H groups in total. The predicted molar refractivity (Wildman–Crippen MR) is 97.6 cm³/mol. The fourth-order valence-electron chi connectivity index (χ4n) is 2.00. The highest BCUT2D eigenvalue weighted by Crippen LogP contribution is 2.25. The van der Waals surface area contributed by atoms with Crippen LogP contribution in [-0.2, 0) is 16.0 Å². The number of carbonyl (C=O) groups is 2. The quantitative estimate of drug-likeness (QED) is 0.665. The Labute approximate surface area is 149 Å². The standard InChI is InChI=1S/C16H20N4O2S2/c1-3-17-15-19-20-16(24-15)23-10-14(22)18-13(11(2)21)9-12-7-5-4-6-8-12/h4-8,13H,3,9-10H2,1-2H3,(H,17,19)(H,18,22)/t13-/m0/s1. The molecule has 2 aromatic rings. The predicted octanol–water partition coefficient (Wildman–Crippen LogP) is 2.38. The van der Waals surface area contributed by atoms with Crippen molar-refractivity contribution in [2.45, 2.75) is 30.6 Å². The molecule has 1 amide bonds. The third kappa shape index (κ3) is 5.93. The molecule has 1 aromatic carbocycles. The molecule has 8 heteroatoms. The maximum Gasteiger partial charge on any atom is 0.231 e. The Hall–Kier alpha value is -1.93. The lowest BCUT2D eigenvalue weighted by molar-refractivity contribution is -0.125. The number of rotatable bonds is 9. The molecule has 128 valence electrons. The SMILES string of the molecule is CCNc1nnc(SCC(=O)N[C@@H](Cc2ccccc2)C(C)=O)s1. The molecule has 1 atom stereocenters. The van der Waals surface area contributed by atoms with Crippen molar-refractivity contribution in [3.63, 3.8) is 0 Å². The van der Waals surface area contributed by atoms with Crippen molar-refractivity contribution in [2.75, 3.05) is 17.6 Å². The molecule has 24 heavy (non-hydrogen) atoms. The second kappa shape index (κ2) is 9.39. The summed E-state index contributed by atoms with van der Waals surface area (Å²) in [5.41, 5.74) is 1.02. The van der Waals surface area contributed by atoms with E-state index in [1.165, 1.54) is 30.0 Å². The molecule has 0 aliphatic rings. The third-order valence-electron chi connectivity index (χ3n) is 3.17. The summed E-state index contributed by atoms with van der Waals surface area (Å²) in [4.78, 5) is 23.9. The second-order valence-corrected chi connectivity index (χ2v) is 7.31. The van der Waals surface area contributed by atoms with E-state index >= 15 is 0 Å². The Morgan fingerprint density at radius 2 is 2.00 bits per heavy atom. The van der Waals surface area contributed by atoms with Gasteiger partial charge in [-0.25, -0.2) is 0 Å². The summed E-state index contributed by atoms with van der Waals surface area (Å²) in [5, 5.41) is 14.6. The first-order valence-electron chi connectivity index (χ1n) is 7.62. The van der Waals surface area contributed by atoms with Crippen molar-refractivity contribution < 1.29 is 9.59 Å². The molecule has 0 saturated heterocycles. The number of hydrogen-bond donors (Lipinski definition) is 2. The molecule has 0 spiro atoms. The van der Waals surface area contributed by atoms with E-state index in [1.54, 1.807) is 0 Å². The normalized spacial score (nSPS) is 11.8. The molecule has 2 rings (SSSR count). The fourth-order valence-corrected chi connectivity index (χ4v) is 3.63. The maximum atomic E-state index is 12.1. The number of benzene rings is 1. The number of Topliss-reactive ketones (excluding diaryl/α,β-unsaturated/α-hetero) is 1. The van der Waals surface area contributed by atoms with Gasteiger partial charge in [0.15, 0.2) is 10.1 Å². The van der Waals surface area contributed by atoms with Gasteiger partial charge in [-0.05, 0) is 25.8 Å². The van der Waals surface area contributed by atoms with E-state index in [-0.39, 0.29) is 17.4 Å². The zero-order valence-electron chi connectivity index (χ0n) is 13.6. The molecule has 1 heterocycles. The van der Waals surface area contributed by atoms with Gasteiger partial charge < -0.3 is 10.6 Å². The first-order valence-corrected chi connectivity index (χ1v) is 9.42. The van der Waals surface area contributed by atoms with Crippen LogP contribution in [0.3, 0.4) is 0 Å². The van der Waals surface area contributed by atoms with E-state index in [0.717, 1.165) is 21.6 Å². The number of nitrogens with zero attached hydrogens (tertiary/aromatic N) is 2. The summed E-state index contributed by atoms with van der Waals surface area (Å²) >= 11 is 2.73. The second-order valence-electron chi connectivity index (χ2n) is 5.11. The topological polar surface area (TPSA) is 84.0 Å². The Balaban J connectivity index is 1.85. The van der Waals surface area contributed by atoms with Crippen molar-refractivity contribution in [3.8, 4) is 0 Å². The maximum absolute atomic E-state index is 12.1. The average molecular weight is 364 g/mol. The Morgan fingerprint density at radius 1 is 1.25 bits per heavy atom. The minimum absolute atomic E-state index is 0.0532. The summed E-state index contributed by atoms with van der Waals surface area (Å²) < 4.78 is 0.725. The van der Waals surface area contributed by atoms with Crippen molar-refractivity contribution in [1.29, 1.82) is 0 Å². The smallest absolute Gasteiger partial charge is 0.231 e. The van der Waals surface area contributed by atoms with Crippen molar-refractivity contribution in [3.05, 3.63) is 35.9 Å². The van der Waals surface area contributed by atoms with Crippen molar-refractivity contribution >= 4 is 39.9 Å². The Bertz CT molecular complexity index is 676. The van der Waals surface area contributed by atoms with Gasteiger partial charge in [-0.15, -0.1) is 10.2 Å². The van der Waals surface area contributed by atoms with Gasteiger partial charge in [0.2, 0.25) is 11.0 Å². The minimum Gasteiger partial charge on any atom is -0.360 e. The number of ketones is 1. The lowest BCUT2D eigenvalue weighted by Gasteiger charge is -2.15. The van der Waals surface area contributed by atoms with Crippen LogP contribution in [0.2, 0.25) is 0 Å². The zero-order valence-corrected chi connectivity index (χ0v) is 15.2. The van der Waals surface area contributed by atoms with E-state index in [1.807, 2.05) is 37.3 Å². The Kier molecular flexibility index (Phi) is 7.20. The molecular formula is C16H20N4O2S2. The number of amides is 1. The van der Waals surface area contributed by atoms with Crippen LogP contribution in [-0.4, -0.2) is 40.2 Å². The third-order valence-corrected chi connectivity index (χ3v) is 5.18. The fraction of sp³-hybridized carbons (Fsp3) is 0.375. The van der Waals surface area contributed by atoms with Gasteiger partial charge in [0.1, 0.15) is 0 Å². The molecule has 0 saturated carbocycles. The largest absolute Gasteiger partial charge is 0.360 e. The number of thioether (sulfide) groups is 1. The summed E-state index contributed by atoms with van der Waals surface area (Å²) in [5.74, 6) is -0.0295. The lowest BCUT2D eigenvalue weighted by atomic mass is 10.0. The molecule has 1 aromatic heterocycles. The molecule has 0 aliphatic heterocycles. The molecular weight excluding hydrogens is 344 g/mol. The summed E-state index contributed by atoms with van der Waals surface area (Å²) in [6.45, 7) is 4.25. The monoisotopic (exact) mass is 364 g/mol. The van der Waals surface area contributed by atoms with E-state index in [0.29, 0.717) is 6.42 Å². The van der Waals surface area contributed by atoms with Crippen LogP contribution in [0.5, 0.6) is 0 Å². The number of anilines is 1. The van der Waals surface area contributed by atoms with Gasteiger partial charge in [0.25, 0.3) is 0 Å². The van der Waals surface area contributed by atoms with Gasteiger partial charge in [0, 0.05) is 6.54 Å². The van der Waals surface area contributed by atoms with Gasteiger partial charge in [-0.3, -0.25) is 9.59 Å². The number of hydrogen-bond acceptors (Lipinski definition) is 7. The minimum atomic E-state index is -0.507. The van der Waals surface area contributed by atoms with Crippen molar-refractivity contribution in [1.82, 2.24) is 15.5 Å². The summed E-state index contributed by atoms with van der Waals surface area (Å²) in [6, 6.07) is 9.14. The van der Waals surface area contributed by atoms with Crippen LogP contribution in [0.4, 0.5) is 5.13 Å². The van der Waals surface area contributed by atoms with E-state index < -0.39 is 6.04 Å². The summed E-state index contributed by atoms with van der Waals surface area (Å²) in [7, 11) is 0. The van der Waals surface area contributed by atoms with Gasteiger partial charge >= 0.3 is 0 Å². The number of aromatic nitrogens is 2. The zero-order chi connectivity index (χ0) is 17.4. The van der Waals surface area contributed by atoms with Crippen molar-refractivity contribution in [2.24, 2.45) is 0 Å². The van der Waals surface area contributed by atoms with Crippen LogP contribution in [0.15, 0.2) is 34.7 Å². The van der Waals surface area contributed by atoms with Crippen LogP contribution in [0, 0.1) is 0 Å². The van der Waals surface area contributed by atoms with Crippen LogP contribution < -0.4 is 10.6 Å². The van der Waals surface area contributed by atoms with Crippen LogP contribution in [0.1, 0.15) is 19.4 Å². The lowest BCUT2D eigenvalue weighted by Crippen LogP contribution is -2.42. The Morgan fingerprint density at radius 3 is 2.67 bits per heavy atom. The first-order chi connectivity index (χ1) is 11.6. The first kappa shape index (κ1) is 18.4. The highest BCUT2D eigenvalue weighted by molar-refractivity contribution is 8.01.